The van der Waals surface area contributed by atoms with Gasteiger partial charge in [0.1, 0.15) is 12.4 Å². The number of benzene rings is 1. The fraction of sp³-hybridized carbons (Fsp3) is 0.375. The molecule has 1 aromatic heterocycles. The molecule has 2 aromatic rings. The lowest BCUT2D eigenvalue weighted by atomic mass is 10.1. The fourth-order valence-electron chi connectivity index (χ4n) is 2.08. The van der Waals surface area contributed by atoms with Crippen LogP contribution in [-0.4, -0.2) is 7.05 Å². The van der Waals surface area contributed by atoms with Gasteiger partial charge in [0, 0.05) is 21.9 Å². The van der Waals surface area contributed by atoms with E-state index in [1.807, 2.05) is 24.5 Å². The first kappa shape index (κ1) is 14.1. The maximum atomic E-state index is 5.97. The highest BCUT2D eigenvalue weighted by atomic mass is 32.1. The van der Waals surface area contributed by atoms with E-state index >= 15 is 0 Å². The van der Waals surface area contributed by atoms with Crippen LogP contribution in [0, 0.1) is 6.92 Å². The minimum atomic E-state index is 0.656. The Labute approximate surface area is 119 Å². The maximum absolute atomic E-state index is 5.97. The Bertz CT molecular complexity index is 533. The Balaban J connectivity index is 2.05. The summed E-state index contributed by atoms with van der Waals surface area (Å²) in [6.45, 7) is 5.90. The molecule has 1 heterocycles. The third-order valence-corrected chi connectivity index (χ3v) is 4.25. The van der Waals surface area contributed by atoms with Gasteiger partial charge in [-0.15, -0.1) is 11.3 Å². The van der Waals surface area contributed by atoms with E-state index in [1.54, 1.807) is 0 Å². The van der Waals surface area contributed by atoms with Gasteiger partial charge in [-0.05, 0) is 38.1 Å². The van der Waals surface area contributed by atoms with Crippen molar-refractivity contribution in [1.82, 2.24) is 5.32 Å². The summed E-state index contributed by atoms with van der Waals surface area (Å²) >= 11 is 1.84. The highest BCUT2D eigenvalue weighted by molar-refractivity contribution is 7.12. The van der Waals surface area contributed by atoms with Crippen molar-refractivity contribution >= 4 is 11.3 Å². The first-order valence-electron chi connectivity index (χ1n) is 6.68. The summed E-state index contributed by atoms with van der Waals surface area (Å²) in [4.78, 5) is 2.71. The quantitative estimate of drug-likeness (QED) is 0.863. The zero-order valence-electron chi connectivity index (χ0n) is 11.8. The molecule has 0 atom stereocenters. The molecular formula is C16H21NOS. The van der Waals surface area contributed by atoms with Crippen LogP contribution in [0.3, 0.4) is 0 Å². The SMILES string of the molecule is CCc1ccccc1OCc1cc(CNC)sc1C. The van der Waals surface area contributed by atoms with Gasteiger partial charge < -0.3 is 10.1 Å². The van der Waals surface area contributed by atoms with E-state index in [4.69, 9.17) is 4.74 Å². The van der Waals surface area contributed by atoms with Gasteiger partial charge >= 0.3 is 0 Å². The molecule has 0 bridgehead atoms. The average Bonchev–Trinajstić information content (AvgIpc) is 2.77. The first-order valence-corrected chi connectivity index (χ1v) is 7.49. The van der Waals surface area contributed by atoms with Crippen LogP contribution < -0.4 is 10.1 Å². The minimum absolute atomic E-state index is 0.656. The van der Waals surface area contributed by atoms with E-state index in [2.05, 4.69) is 43.4 Å². The van der Waals surface area contributed by atoms with Crippen molar-refractivity contribution in [1.29, 1.82) is 0 Å². The zero-order valence-corrected chi connectivity index (χ0v) is 12.6. The van der Waals surface area contributed by atoms with Crippen LogP contribution in [-0.2, 0) is 19.6 Å². The van der Waals surface area contributed by atoms with Gasteiger partial charge in [0.2, 0.25) is 0 Å². The second-order valence-corrected chi connectivity index (χ2v) is 5.92. The van der Waals surface area contributed by atoms with Crippen molar-refractivity contribution in [2.24, 2.45) is 0 Å². The second kappa shape index (κ2) is 6.73. The summed E-state index contributed by atoms with van der Waals surface area (Å²) in [6.07, 6.45) is 1.00. The summed E-state index contributed by atoms with van der Waals surface area (Å²) in [6, 6.07) is 10.5. The number of hydrogen-bond donors (Lipinski definition) is 1. The van der Waals surface area contributed by atoms with Crippen molar-refractivity contribution in [2.45, 2.75) is 33.4 Å². The van der Waals surface area contributed by atoms with E-state index in [9.17, 15) is 0 Å². The standard InChI is InChI=1S/C16H21NOS/c1-4-13-7-5-6-8-16(13)18-11-14-9-15(10-17-3)19-12(14)2/h5-9,17H,4,10-11H2,1-3H3. The lowest BCUT2D eigenvalue weighted by Gasteiger charge is -2.09. The number of thiophene rings is 1. The van der Waals surface area contributed by atoms with Gasteiger partial charge in [-0.2, -0.15) is 0 Å². The van der Waals surface area contributed by atoms with E-state index in [-0.39, 0.29) is 0 Å². The topological polar surface area (TPSA) is 21.3 Å². The molecule has 0 aliphatic carbocycles. The van der Waals surface area contributed by atoms with Gasteiger partial charge in [0.25, 0.3) is 0 Å². The predicted molar refractivity (Wildman–Crippen MR) is 82.0 cm³/mol. The van der Waals surface area contributed by atoms with Crippen LogP contribution in [0.15, 0.2) is 30.3 Å². The van der Waals surface area contributed by atoms with Crippen LogP contribution >= 0.6 is 11.3 Å². The smallest absolute Gasteiger partial charge is 0.122 e. The maximum Gasteiger partial charge on any atom is 0.122 e. The van der Waals surface area contributed by atoms with Crippen LogP contribution in [0.1, 0.15) is 27.8 Å². The molecule has 102 valence electrons. The van der Waals surface area contributed by atoms with Crippen molar-refractivity contribution in [3.63, 3.8) is 0 Å². The molecule has 0 radical (unpaired) electrons. The molecule has 2 nitrogen and oxygen atoms in total. The van der Waals surface area contributed by atoms with Gasteiger partial charge in [0.05, 0.1) is 0 Å². The monoisotopic (exact) mass is 275 g/mol. The Hall–Kier alpha value is -1.32. The van der Waals surface area contributed by atoms with E-state index in [0.717, 1.165) is 18.7 Å². The molecule has 1 N–H and O–H groups in total. The van der Waals surface area contributed by atoms with Gasteiger partial charge in [-0.1, -0.05) is 25.1 Å². The first-order chi connectivity index (χ1) is 9.24. The van der Waals surface area contributed by atoms with Crippen molar-refractivity contribution in [3.05, 3.63) is 51.2 Å². The highest BCUT2D eigenvalue weighted by Crippen LogP contribution is 2.25. The Kier molecular flexibility index (Phi) is 5.00. The Morgan fingerprint density at radius 2 is 2.00 bits per heavy atom. The van der Waals surface area contributed by atoms with Crippen molar-refractivity contribution < 1.29 is 4.74 Å². The largest absolute Gasteiger partial charge is 0.489 e. The zero-order chi connectivity index (χ0) is 13.7. The Morgan fingerprint density at radius 1 is 1.21 bits per heavy atom. The molecule has 3 heteroatoms. The molecule has 0 amide bonds. The molecule has 0 saturated carbocycles. The lowest BCUT2D eigenvalue weighted by molar-refractivity contribution is 0.303. The van der Waals surface area contributed by atoms with Crippen LogP contribution in [0.2, 0.25) is 0 Å². The number of para-hydroxylation sites is 1. The van der Waals surface area contributed by atoms with E-state index in [1.165, 1.54) is 20.9 Å². The normalized spacial score (nSPS) is 10.7. The van der Waals surface area contributed by atoms with Crippen LogP contribution in [0.25, 0.3) is 0 Å². The average molecular weight is 275 g/mol. The molecule has 0 aliphatic heterocycles. The minimum Gasteiger partial charge on any atom is -0.489 e. The van der Waals surface area contributed by atoms with Gasteiger partial charge in [-0.25, -0.2) is 0 Å². The summed E-state index contributed by atoms with van der Waals surface area (Å²) < 4.78 is 5.97. The second-order valence-electron chi connectivity index (χ2n) is 4.57. The molecule has 0 unspecified atom stereocenters. The van der Waals surface area contributed by atoms with E-state index < -0.39 is 0 Å². The number of hydrogen-bond acceptors (Lipinski definition) is 3. The van der Waals surface area contributed by atoms with Crippen LogP contribution in [0.4, 0.5) is 0 Å². The van der Waals surface area contributed by atoms with Crippen molar-refractivity contribution in [3.8, 4) is 5.75 Å². The summed E-state index contributed by atoms with van der Waals surface area (Å²) in [7, 11) is 1.97. The number of ether oxygens (including phenoxy) is 1. The van der Waals surface area contributed by atoms with Crippen molar-refractivity contribution in [2.75, 3.05) is 7.05 Å². The Morgan fingerprint density at radius 3 is 2.74 bits per heavy atom. The molecule has 19 heavy (non-hydrogen) atoms. The molecule has 1 aromatic carbocycles. The molecule has 0 aliphatic rings. The molecular weight excluding hydrogens is 254 g/mol. The van der Waals surface area contributed by atoms with E-state index in [0.29, 0.717) is 6.61 Å². The third-order valence-electron chi connectivity index (χ3n) is 3.16. The molecule has 0 saturated heterocycles. The van der Waals surface area contributed by atoms with Gasteiger partial charge in [-0.3, -0.25) is 0 Å². The summed E-state index contributed by atoms with van der Waals surface area (Å²) in [5.74, 6) is 1.01. The fourth-order valence-corrected chi connectivity index (χ4v) is 3.14. The molecule has 2 rings (SSSR count). The predicted octanol–water partition coefficient (Wildman–Crippen LogP) is 3.92. The number of nitrogens with one attached hydrogen (secondary N) is 1. The highest BCUT2D eigenvalue weighted by Gasteiger charge is 2.07. The third kappa shape index (κ3) is 3.58. The molecule has 0 fully saturated rings. The van der Waals surface area contributed by atoms with Crippen LogP contribution in [0.5, 0.6) is 5.75 Å². The summed E-state index contributed by atoms with van der Waals surface area (Å²) in [5, 5.41) is 3.19. The van der Waals surface area contributed by atoms with Gasteiger partial charge in [0.15, 0.2) is 0 Å². The molecule has 0 spiro atoms. The number of aryl methyl sites for hydroxylation is 2. The lowest BCUT2D eigenvalue weighted by Crippen LogP contribution is -2.03. The number of rotatable bonds is 6. The summed E-state index contributed by atoms with van der Waals surface area (Å²) in [5.41, 5.74) is 2.56.